The standard InChI is InChI=1S/C8H7F2NO3/c1-14-5-2-3-7(11(12)13)6(4-5)8(9)10/h2-4,8H,1H3. The van der Waals surface area contributed by atoms with Crippen molar-refractivity contribution in [2.24, 2.45) is 0 Å². The molecule has 0 heterocycles. The Morgan fingerprint density at radius 3 is 2.57 bits per heavy atom. The van der Waals surface area contributed by atoms with E-state index in [0.717, 1.165) is 12.1 Å². The van der Waals surface area contributed by atoms with Gasteiger partial charge in [-0.25, -0.2) is 8.78 Å². The topological polar surface area (TPSA) is 52.4 Å². The largest absolute Gasteiger partial charge is 0.497 e. The highest BCUT2D eigenvalue weighted by Gasteiger charge is 2.21. The molecule has 0 radical (unpaired) electrons. The lowest BCUT2D eigenvalue weighted by molar-refractivity contribution is -0.386. The second-order valence-electron chi connectivity index (χ2n) is 2.48. The third kappa shape index (κ3) is 1.95. The number of benzene rings is 1. The minimum Gasteiger partial charge on any atom is -0.497 e. The van der Waals surface area contributed by atoms with Gasteiger partial charge in [0.15, 0.2) is 0 Å². The Morgan fingerprint density at radius 1 is 1.50 bits per heavy atom. The summed E-state index contributed by atoms with van der Waals surface area (Å²) < 4.78 is 29.4. The number of halogens is 2. The Hall–Kier alpha value is -1.72. The van der Waals surface area contributed by atoms with Crippen LogP contribution in [0.5, 0.6) is 5.75 Å². The summed E-state index contributed by atoms with van der Waals surface area (Å²) >= 11 is 0. The lowest BCUT2D eigenvalue weighted by Gasteiger charge is -2.04. The van der Waals surface area contributed by atoms with E-state index in [0.29, 0.717) is 0 Å². The molecule has 6 heteroatoms. The second kappa shape index (κ2) is 3.99. The van der Waals surface area contributed by atoms with Gasteiger partial charge < -0.3 is 4.74 Å². The van der Waals surface area contributed by atoms with Crippen LogP contribution in [0.2, 0.25) is 0 Å². The maximum Gasteiger partial charge on any atom is 0.278 e. The summed E-state index contributed by atoms with van der Waals surface area (Å²) in [6, 6.07) is 3.23. The number of methoxy groups -OCH3 is 1. The maximum absolute atomic E-state index is 12.3. The van der Waals surface area contributed by atoms with Crippen molar-refractivity contribution in [1.82, 2.24) is 0 Å². The lowest BCUT2D eigenvalue weighted by atomic mass is 10.2. The van der Waals surface area contributed by atoms with Crippen LogP contribution in [0.15, 0.2) is 18.2 Å². The molecule has 14 heavy (non-hydrogen) atoms. The van der Waals surface area contributed by atoms with E-state index in [9.17, 15) is 18.9 Å². The number of nitro groups is 1. The molecule has 0 unspecified atom stereocenters. The van der Waals surface area contributed by atoms with Crippen LogP contribution in [0.1, 0.15) is 12.0 Å². The molecule has 0 spiro atoms. The number of hydrogen-bond donors (Lipinski definition) is 0. The average Bonchev–Trinajstić information content (AvgIpc) is 2.16. The Kier molecular flexibility index (Phi) is 2.95. The van der Waals surface area contributed by atoms with Crippen molar-refractivity contribution in [3.63, 3.8) is 0 Å². The smallest absolute Gasteiger partial charge is 0.278 e. The molecule has 4 nitrogen and oxygen atoms in total. The molecule has 76 valence electrons. The fraction of sp³-hybridized carbons (Fsp3) is 0.250. The van der Waals surface area contributed by atoms with E-state index in [1.54, 1.807) is 0 Å². The van der Waals surface area contributed by atoms with Crippen molar-refractivity contribution in [3.8, 4) is 5.75 Å². The highest BCUT2D eigenvalue weighted by atomic mass is 19.3. The van der Waals surface area contributed by atoms with Gasteiger partial charge in [0.25, 0.3) is 12.1 Å². The third-order valence-corrected chi connectivity index (χ3v) is 1.67. The summed E-state index contributed by atoms with van der Waals surface area (Å²) in [4.78, 5) is 9.51. The van der Waals surface area contributed by atoms with Crippen LogP contribution >= 0.6 is 0 Å². The first-order valence-corrected chi connectivity index (χ1v) is 3.66. The zero-order valence-corrected chi connectivity index (χ0v) is 7.24. The van der Waals surface area contributed by atoms with Gasteiger partial charge in [0.1, 0.15) is 5.75 Å². The van der Waals surface area contributed by atoms with Crippen LogP contribution in [0, 0.1) is 10.1 Å². The van der Waals surface area contributed by atoms with Gasteiger partial charge in [-0.3, -0.25) is 10.1 Å². The zero-order valence-electron chi connectivity index (χ0n) is 7.24. The second-order valence-corrected chi connectivity index (χ2v) is 2.48. The Labute approximate surface area is 78.3 Å². The van der Waals surface area contributed by atoms with Crippen LogP contribution in [0.25, 0.3) is 0 Å². The van der Waals surface area contributed by atoms with E-state index in [2.05, 4.69) is 4.74 Å². The van der Waals surface area contributed by atoms with Gasteiger partial charge >= 0.3 is 0 Å². The number of nitrogens with zero attached hydrogens (tertiary/aromatic N) is 1. The Morgan fingerprint density at radius 2 is 2.14 bits per heavy atom. The summed E-state index contributed by atoms with van der Waals surface area (Å²) in [6.07, 6.45) is -2.88. The van der Waals surface area contributed by atoms with Crippen LogP contribution in [0.4, 0.5) is 14.5 Å². The molecular formula is C8H7F2NO3. The summed E-state index contributed by atoms with van der Waals surface area (Å²) in [5.74, 6) is 0.172. The predicted molar refractivity (Wildman–Crippen MR) is 44.6 cm³/mol. The summed E-state index contributed by atoms with van der Waals surface area (Å²) in [7, 11) is 1.30. The quantitative estimate of drug-likeness (QED) is 0.560. The van der Waals surface area contributed by atoms with Gasteiger partial charge in [-0.15, -0.1) is 0 Å². The van der Waals surface area contributed by atoms with Crippen molar-refractivity contribution in [2.75, 3.05) is 7.11 Å². The first-order chi connectivity index (χ1) is 6.56. The molecule has 0 saturated heterocycles. The summed E-state index contributed by atoms with van der Waals surface area (Å²) in [5.41, 5.74) is -1.23. The predicted octanol–water partition coefficient (Wildman–Crippen LogP) is 2.54. The Bertz CT molecular complexity index is 354. The molecule has 0 aliphatic rings. The van der Waals surface area contributed by atoms with Gasteiger partial charge in [-0.2, -0.15) is 0 Å². The van der Waals surface area contributed by atoms with Crippen molar-refractivity contribution < 1.29 is 18.4 Å². The normalized spacial score (nSPS) is 10.3. The molecule has 1 aromatic rings. The SMILES string of the molecule is COc1ccc([N+](=O)[O-])c(C(F)F)c1. The molecule has 0 aromatic heterocycles. The molecule has 0 fully saturated rings. The maximum atomic E-state index is 12.3. The van der Waals surface area contributed by atoms with E-state index in [-0.39, 0.29) is 5.75 Å². The first kappa shape index (κ1) is 10.4. The highest BCUT2D eigenvalue weighted by molar-refractivity contribution is 5.45. The fourth-order valence-electron chi connectivity index (χ4n) is 1.00. The van der Waals surface area contributed by atoms with Crippen molar-refractivity contribution >= 4 is 5.69 Å². The van der Waals surface area contributed by atoms with Crippen molar-refractivity contribution in [2.45, 2.75) is 6.43 Å². The highest BCUT2D eigenvalue weighted by Crippen LogP contribution is 2.31. The van der Waals surface area contributed by atoms with E-state index >= 15 is 0 Å². The number of nitro benzene ring substituents is 1. The number of alkyl halides is 2. The summed E-state index contributed by atoms with van der Waals surface area (Å²) in [6.45, 7) is 0. The molecule has 0 aliphatic carbocycles. The lowest BCUT2D eigenvalue weighted by Crippen LogP contribution is -1.96. The van der Waals surface area contributed by atoms with Crippen LogP contribution < -0.4 is 4.74 Å². The van der Waals surface area contributed by atoms with Gasteiger partial charge in [0.05, 0.1) is 17.6 Å². The van der Waals surface area contributed by atoms with Gasteiger partial charge in [-0.05, 0) is 12.1 Å². The monoisotopic (exact) mass is 203 g/mol. The summed E-state index contributed by atoms with van der Waals surface area (Å²) in [5, 5.41) is 10.4. The molecule has 0 atom stereocenters. The molecule has 0 bridgehead atoms. The molecule has 0 saturated carbocycles. The zero-order chi connectivity index (χ0) is 10.7. The van der Waals surface area contributed by atoms with Crippen LogP contribution in [-0.4, -0.2) is 12.0 Å². The van der Waals surface area contributed by atoms with Gasteiger partial charge in [0, 0.05) is 6.07 Å². The fourth-order valence-corrected chi connectivity index (χ4v) is 1.00. The van der Waals surface area contributed by atoms with E-state index in [1.807, 2.05) is 0 Å². The minimum absolute atomic E-state index is 0.172. The van der Waals surface area contributed by atoms with Gasteiger partial charge in [0.2, 0.25) is 0 Å². The van der Waals surface area contributed by atoms with Crippen LogP contribution in [0.3, 0.4) is 0 Å². The number of rotatable bonds is 3. The van der Waals surface area contributed by atoms with Crippen LogP contribution in [-0.2, 0) is 0 Å². The third-order valence-electron chi connectivity index (χ3n) is 1.67. The number of hydrogen-bond acceptors (Lipinski definition) is 3. The van der Waals surface area contributed by atoms with Gasteiger partial charge in [-0.1, -0.05) is 0 Å². The van der Waals surface area contributed by atoms with E-state index < -0.39 is 22.6 Å². The Balaban J connectivity index is 3.24. The van der Waals surface area contributed by atoms with E-state index in [1.165, 1.54) is 13.2 Å². The molecule has 0 N–H and O–H groups in total. The van der Waals surface area contributed by atoms with Crippen molar-refractivity contribution in [1.29, 1.82) is 0 Å². The number of ether oxygens (including phenoxy) is 1. The molecule has 0 aliphatic heterocycles. The minimum atomic E-state index is -2.88. The first-order valence-electron chi connectivity index (χ1n) is 3.66. The molecule has 1 aromatic carbocycles. The molecule has 1 rings (SSSR count). The van der Waals surface area contributed by atoms with Crippen molar-refractivity contribution in [3.05, 3.63) is 33.9 Å². The molecule has 0 amide bonds. The average molecular weight is 203 g/mol. The van der Waals surface area contributed by atoms with E-state index in [4.69, 9.17) is 0 Å². The molecular weight excluding hydrogens is 196 g/mol.